The van der Waals surface area contributed by atoms with E-state index in [9.17, 15) is 4.79 Å². The molecule has 1 heterocycles. The van der Waals surface area contributed by atoms with Crippen LogP contribution in [0.4, 0.5) is 0 Å². The zero-order valence-corrected chi connectivity index (χ0v) is 6.08. The predicted octanol–water partition coefficient (Wildman–Crippen LogP) is 0.492. The van der Waals surface area contributed by atoms with Crippen LogP contribution in [0, 0.1) is 0 Å². The Morgan fingerprint density at radius 2 is 2.73 bits per heavy atom. The van der Waals surface area contributed by atoms with E-state index in [-0.39, 0.29) is 12.4 Å². The van der Waals surface area contributed by atoms with Crippen molar-refractivity contribution in [3.63, 3.8) is 0 Å². The van der Waals surface area contributed by atoms with Gasteiger partial charge in [-0.25, -0.2) is 0 Å². The zero-order valence-electron chi connectivity index (χ0n) is 6.08. The van der Waals surface area contributed by atoms with Gasteiger partial charge in [-0.05, 0) is 0 Å². The summed E-state index contributed by atoms with van der Waals surface area (Å²) in [5.41, 5.74) is 0. The van der Waals surface area contributed by atoms with Gasteiger partial charge in [-0.15, -0.1) is 0 Å². The molecule has 1 aliphatic rings. The molecule has 0 atom stereocenters. The molecule has 0 aromatic heterocycles. The van der Waals surface area contributed by atoms with Gasteiger partial charge in [0, 0.05) is 0 Å². The molecule has 4 nitrogen and oxygen atoms in total. The molecule has 0 aromatic rings. The van der Waals surface area contributed by atoms with E-state index in [1.165, 1.54) is 0 Å². The molecule has 0 aromatic carbocycles. The standard InChI is InChI=1S/C7H9NO3/c1-2-10-7(9)5-6-8-3-4-11-6/h2H,1,3-5H2. The van der Waals surface area contributed by atoms with Crippen molar-refractivity contribution in [2.24, 2.45) is 4.99 Å². The lowest BCUT2D eigenvalue weighted by atomic mass is 10.4. The van der Waals surface area contributed by atoms with Crippen LogP contribution >= 0.6 is 0 Å². The SMILES string of the molecule is C=COC(=O)CC1=NCCO1. The Morgan fingerprint density at radius 1 is 1.91 bits per heavy atom. The summed E-state index contributed by atoms with van der Waals surface area (Å²) in [7, 11) is 0. The average molecular weight is 155 g/mol. The van der Waals surface area contributed by atoms with Crippen molar-refractivity contribution in [3.8, 4) is 0 Å². The fourth-order valence-electron chi connectivity index (χ4n) is 0.744. The second-order valence-electron chi connectivity index (χ2n) is 1.96. The number of carbonyl (C=O) groups excluding carboxylic acids is 1. The molecular formula is C7H9NO3. The molecule has 0 bridgehead atoms. The van der Waals surface area contributed by atoms with Crippen LogP contribution in [0.2, 0.25) is 0 Å². The normalized spacial score (nSPS) is 15.1. The minimum absolute atomic E-state index is 0.103. The summed E-state index contributed by atoms with van der Waals surface area (Å²) in [6.45, 7) is 4.45. The molecule has 0 aliphatic carbocycles. The van der Waals surface area contributed by atoms with Crippen LogP contribution in [0.5, 0.6) is 0 Å². The number of esters is 1. The Kier molecular flexibility index (Phi) is 2.66. The van der Waals surface area contributed by atoms with Gasteiger partial charge in [-0.3, -0.25) is 9.79 Å². The van der Waals surface area contributed by atoms with Gasteiger partial charge >= 0.3 is 5.97 Å². The van der Waals surface area contributed by atoms with E-state index in [0.717, 1.165) is 6.26 Å². The average Bonchev–Trinajstić information content (AvgIpc) is 2.40. The first-order chi connectivity index (χ1) is 5.33. The Labute approximate surface area is 64.5 Å². The molecule has 0 N–H and O–H groups in total. The fourth-order valence-corrected chi connectivity index (χ4v) is 0.744. The van der Waals surface area contributed by atoms with Crippen molar-refractivity contribution >= 4 is 11.9 Å². The van der Waals surface area contributed by atoms with Gasteiger partial charge in [0.05, 0.1) is 12.8 Å². The Bertz CT molecular complexity index is 198. The van der Waals surface area contributed by atoms with Crippen LogP contribution in [-0.4, -0.2) is 25.0 Å². The van der Waals surface area contributed by atoms with E-state index in [0.29, 0.717) is 19.0 Å². The van der Waals surface area contributed by atoms with Gasteiger partial charge in [0.2, 0.25) is 0 Å². The van der Waals surface area contributed by atoms with Crippen LogP contribution in [-0.2, 0) is 14.3 Å². The van der Waals surface area contributed by atoms with Gasteiger partial charge in [0.25, 0.3) is 0 Å². The lowest BCUT2D eigenvalue weighted by Gasteiger charge is -1.98. The third-order valence-electron chi connectivity index (χ3n) is 1.16. The van der Waals surface area contributed by atoms with Crippen LogP contribution in [0.1, 0.15) is 6.42 Å². The molecule has 0 fully saturated rings. The number of carbonyl (C=O) groups is 1. The highest BCUT2D eigenvalue weighted by Gasteiger charge is 2.12. The van der Waals surface area contributed by atoms with Gasteiger partial charge in [0.15, 0.2) is 5.90 Å². The van der Waals surface area contributed by atoms with Gasteiger partial charge in [-0.2, -0.15) is 0 Å². The lowest BCUT2D eigenvalue weighted by Crippen LogP contribution is -2.08. The molecule has 0 radical (unpaired) electrons. The van der Waals surface area contributed by atoms with Crippen LogP contribution in [0.15, 0.2) is 17.8 Å². The third kappa shape index (κ3) is 2.41. The van der Waals surface area contributed by atoms with Crippen molar-refractivity contribution in [2.75, 3.05) is 13.2 Å². The van der Waals surface area contributed by atoms with Gasteiger partial charge in [0.1, 0.15) is 13.0 Å². The van der Waals surface area contributed by atoms with Crippen LogP contribution < -0.4 is 0 Å². The zero-order chi connectivity index (χ0) is 8.10. The second-order valence-corrected chi connectivity index (χ2v) is 1.96. The minimum Gasteiger partial charge on any atom is -0.479 e. The monoisotopic (exact) mass is 155 g/mol. The van der Waals surface area contributed by atoms with E-state index in [1.807, 2.05) is 0 Å². The Hall–Kier alpha value is -1.32. The molecule has 1 rings (SSSR count). The topological polar surface area (TPSA) is 47.9 Å². The largest absolute Gasteiger partial charge is 0.479 e. The highest BCUT2D eigenvalue weighted by molar-refractivity contribution is 5.95. The Morgan fingerprint density at radius 3 is 3.27 bits per heavy atom. The number of aliphatic imine (C=N–C) groups is 1. The first-order valence-corrected chi connectivity index (χ1v) is 3.29. The first-order valence-electron chi connectivity index (χ1n) is 3.29. The predicted molar refractivity (Wildman–Crippen MR) is 39.2 cm³/mol. The van der Waals surface area contributed by atoms with Crippen molar-refractivity contribution < 1.29 is 14.3 Å². The van der Waals surface area contributed by atoms with Crippen molar-refractivity contribution in [2.45, 2.75) is 6.42 Å². The second kappa shape index (κ2) is 3.75. The summed E-state index contributed by atoms with van der Waals surface area (Å²) in [6, 6.07) is 0. The van der Waals surface area contributed by atoms with Gasteiger partial charge in [-0.1, -0.05) is 6.58 Å². The molecule has 0 spiro atoms. The maximum atomic E-state index is 10.7. The highest BCUT2D eigenvalue weighted by atomic mass is 16.5. The van der Waals surface area contributed by atoms with Gasteiger partial charge < -0.3 is 9.47 Å². The maximum Gasteiger partial charge on any atom is 0.319 e. The van der Waals surface area contributed by atoms with E-state index in [1.54, 1.807) is 0 Å². The van der Waals surface area contributed by atoms with Crippen molar-refractivity contribution in [3.05, 3.63) is 12.8 Å². The molecule has 1 aliphatic heterocycles. The smallest absolute Gasteiger partial charge is 0.319 e. The molecular weight excluding hydrogens is 146 g/mol. The quantitative estimate of drug-likeness (QED) is 0.440. The third-order valence-corrected chi connectivity index (χ3v) is 1.16. The lowest BCUT2D eigenvalue weighted by molar-refractivity contribution is -0.136. The number of rotatable bonds is 3. The summed E-state index contributed by atoms with van der Waals surface area (Å²) in [6.07, 6.45) is 1.20. The summed E-state index contributed by atoms with van der Waals surface area (Å²) < 4.78 is 9.45. The molecule has 0 amide bonds. The van der Waals surface area contributed by atoms with E-state index < -0.39 is 0 Å². The minimum atomic E-state index is -0.388. The summed E-state index contributed by atoms with van der Waals surface area (Å²) in [5, 5.41) is 0. The molecule has 0 saturated carbocycles. The molecule has 11 heavy (non-hydrogen) atoms. The summed E-state index contributed by atoms with van der Waals surface area (Å²) >= 11 is 0. The number of ether oxygens (including phenoxy) is 2. The van der Waals surface area contributed by atoms with Crippen molar-refractivity contribution in [1.82, 2.24) is 0 Å². The summed E-state index contributed by atoms with van der Waals surface area (Å²) in [4.78, 5) is 14.7. The van der Waals surface area contributed by atoms with E-state index in [2.05, 4.69) is 16.3 Å². The molecule has 60 valence electrons. The first kappa shape index (κ1) is 7.78. The maximum absolute atomic E-state index is 10.7. The number of nitrogens with zero attached hydrogens (tertiary/aromatic N) is 1. The molecule has 0 saturated heterocycles. The van der Waals surface area contributed by atoms with E-state index >= 15 is 0 Å². The Balaban J connectivity index is 2.29. The molecule has 4 heteroatoms. The fraction of sp³-hybridized carbons (Fsp3) is 0.429. The van der Waals surface area contributed by atoms with Crippen molar-refractivity contribution in [1.29, 1.82) is 0 Å². The highest BCUT2D eigenvalue weighted by Crippen LogP contribution is 1.99. The van der Waals surface area contributed by atoms with E-state index in [4.69, 9.17) is 4.74 Å². The molecule has 0 unspecified atom stereocenters. The number of hydrogen-bond donors (Lipinski definition) is 0. The number of hydrogen-bond acceptors (Lipinski definition) is 4. The van der Waals surface area contributed by atoms with Crippen LogP contribution in [0.3, 0.4) is 0 Å². The van der Waals surface area contributed by atoms with Crippen LogP contribution in [0.25, 0.3) is 0 Å². The summed E-state index contributed by atoms with van der Waals surface area (Å²) in [5.74, 6) is 0.0671.